The summed E-state index contributed by atoms with van der Waals surface area (Å²) in [7, 11) is 0. The molecule has 7 rings (SSSR count). The first-order chi connectivity index (χ1) is 34.5. The van der Waals surface area contributed by atoms with Gasteiger partial charge in [0.1, 0.15) is 17.0 Å². The Morgan fingerprint density at radius 3 is 1.88 bits per heavy atom. The molecule has 0 bridgehead atoms. The molecule has 9 N–H and O–H groups in total. The highest BCUT2D eigenvalue weighted by Crippen LogP contribution is 2.42. The average Bonchev–Trinajstić information content (AvgIpc) is 3.92. The predicted molar refractivity (Wildman–Crippen MR) is 300 cm³/mol. The molecule has 2 aliphatic heterocycles. The molecule has 0 radical (unpaired) electrons. The number of allylic oxidation sites excluding steroid dienone is 5. The minimum Gasteiger partial charge on any atom is -0.435 e. The maximum absolute atomic E-state index is 6.19. The van der Waals surface area contributed by atoms with Gasteiger partial charge in [-0.05, 0) is 153 Å². The Morgan fingerprint density at radius 1 is 0.764 bits per heavy atom. The number of nitrogens with zero attached hydrogens (tertiary/aromatic N) is 6. The van der Waals surface area contributed by atoms with Crippen LogP contribution < -0.4 is 56.6 Å². The van der Waals surface area contributed by atoms with E-state index in [2.05, 4.69) is 115 Å². The molecule has 5 aromatic carbocycles. The zero-order valence-electron chi connectivity index (χ0n) is 44.5. The highest BCUT2D eigenvalue weighted by Gasteiger charge is 2.37. The molecule has 2 atom stereocenters. The molecule has 2 aliphatic rings. The molecular formula is C57H78N11O4+. The summed E-state index contributed by atoms with van der Waals surface area (Å²) in [4.78, 5) is 4.46. The third kappa shape index (κ3) is 17.3. The molecule has 0 spiro atoms. The van der Waals surface area contributed by atoms with Gasteiger partial charge in [0.25, 0.3) is 0 Å². The lowest BCUT2D eigenvalue weighted by Gasteiger charge is -2.27. The number of hydrogen-bond donors (Lipinski definition) is 5. The van der Waals surface area contributed by atoms with E-state index < -0.39 is 12.3 Å². The summed E-state index contributed by atoms with van der Waals surface area (Å²) in [5.41, 5.74) is 25.3. The number of nitrogens with one attached hydrogen (secondary N) is 2. The quantitative estimate of drug-likeness (QED) is 0.0259. The van der Waals surface area contributed by atoms with Gasteiger partial charge in [-0.1, -0.05) is 56.4 Å². The minimum absolute atomic E-state index is 0.110. The Kier molecular flexibility index (Phi) is 21.8. The van der Waals surface area contributed by atoms with Crippen molar-refractivity contribution in [1.29, 1.82) is 0 Å². The lowest BCUT2D eigenvalue weighted by molar-refractivity contribution is -0.446. The molecule has 72 heavy (non-hydrogen) atoms. The number of quaternary nitrogens is 1. The van der Waals surface area contributed by atoms with Gasteiger partial charge >= 0.3 is 12.3 Å². The third-order valence-electron chi connectivity index (χ3n) is 10.6. The number of ether oxygens (including phenoxy) is 4. The number of hydrogen-bond acceptors (Lipinski definition) is 14. The number of anilines is 6. The Bertz CT molecular complexity index is 2660. The zero-order chi connectivity index (χ0) is 52.8. The SMILES string of the molecule is C=C/C(=C\C=C/C)N=Nc1ccc2c(c1)N[C@@H](Oc1cc(N(CC)CC)ccc1N)O2.CC.CC(C)=CC(C)(C)[NH3+].CCN(CC)c1ccc(N)c(O[C@]2(C)Nc3cc(N=Nc4ccccc4)ccc3O2)c1. The van der Waals surface area contributed by atoms with Gasteiger partial charge in [0.05, 0.1) is 45.5 Å². The van der Waals surface area contributed by atoms with Crippen molar-refractivity contribution in [3.05, 3.63) is 151 Å². The predicted octanol–water partition coefficient (Wildman–Crippen LogP) is 14.1. The standard InChI is InChI=1S/C24H27N5O2.C24H29N5O2.C7H15N.C2H6/c1-4-29(5-2)19-12-13-20(25)23(16-19)31-24(3)26-21-15-18(11-14-22(21)30-24)28-27-17-9-7-6-8-10-17;1-5-9-10-17(6-2)27-28-18-11-14-22-21(15-18)26-24(30-22)31-23-16-19(12-13-20(23)25)29(7-3)8-4;1-6(2)5-7(3,4)8;1-2/h6-16,26H,4-5,25H2,1-3H3;5-6,9-16,24,26H,2,7-8,25H2,1,3-4H3;5H,8H2,1-4H3;1-2H3/p+1/b;9-5-,17-10+,28-27?;;/t2*24-;;/m11../s1. The van der Waals surface area contributed by atoms with E-state index in [9.17, 15) is 0 Å². The van der Waals surface area contributed by atoms with E-state index in [0.29, 0.717) is 51.4 Å². The molecule has 5 aromatic rings. The first-order valence-corrected chi connectivity index (χ1v) is 24.7. The van der Waals surface area contributed by atoms with E-state index in [1.807, 2.05) is 149 Å². The maximum Gasteiger partial charge on any atom is 0.332 e. The number of fused-ring (bicyclic) bond motifs is 2. The summed E-state index contributed by atoms with van der Waals surface area (Å²) in [5, 5.41) is 23.5. The largest absolute Gasteiger partial charge is 0.435 e. The number of nitrogens with two attached hydrogens (primary N) is 2. The van der Waals surface area contributed by atoms with Crippen LogP contribution in [0, 0.1) is 0 Å². The molecule has 0 saturated carbocycles. The van der Waals surface area contributed by atoms with Crippen molar-refractivity contribution in [1.82, 2.24) is 0 Å². The van der Waals surface area contributed by atoms with Crippen LogP contribution in [0.2, 0.25) is 0 Å². The van der Waals surface area contributed by atoms with Gasteiger partial charge in [-0.3, -0.25) is 0 Å². The van der Waals surface area contributed by atoms with Crippen molar-refractivity contribution < 1.29 is 24.7 Å². The van der Waals surface area contributed by atoms with Gasteiger partial charge in [-0.2, -0.15) is 20.5 Å². The molecule has 15 heteroatoms. The van der Waals surface area contributed by atoms with Crippen LogP contribution in [-0.2, 0) is 0 Å². The van der Waals surface area contributed by atoms with Crippen LogP contribution in [0.5, 0.6) is 23.0 Å². The van der Waals surface area contributed by atoms with Gasteiger partial charge in [0.15, 0.2) is 11.5 Å². The van der Waals surface area contributed by atoms with E-state index in [4.69, 9.17) is 30.4 Å². The monoisotopic (exact) mass is 981 g/mol. The van der Waals surface area contributed by atoms with Crippen LogP contribution in [0.3, 0.4) is 0 Å². The van der Waals surface area contributed by atoms with E-state index in [-0.39, 0.29) is 5.54 Å². The van der Waals surface area contributed by atoms with Gasteiger partial charge in [-0.25, -0.2) is 0 Å². The molecule has 0 aliphatic carbocycles. The summed E-state index contributed by atoms with van der Waals surface area (Å²) >= 11 is 0. The molecule has 0 amide bonds. The molecule has 15 nitrogen and oxygen atoms in total. The van der Waals surface area contributed by atoms with Crippen molar-refractivity contribution in [2.75, 3.05) is 58.1 Å². The lowest BCUT2D eigenvalue weighted by Crippen LogP contribution is -2.68. The highest BCUT2D eigenvalue weighted by molar-refractivity contribution is 5.69. The maximum atomic E-state index is 6.19. The molecular weight excluding hydrogens is 903 g/mol. The zero-order valence-corrected chi connectivity index (χ0v) is 44.5. The van der Waals surface area contributed by atoms with Gasteiger partial charge < -0.3 is 56.6 Å². The number of rotatable bonds is 17. The molecule has 0 aromatic heterocycles. The van der Waals surface area contributed by atoms with Crippen molar-refractivity contribution in [3.63, 3.8) is 0 Å². The number of nitrogen functional groups attached to an aromatic ring is 2. The summed E-state index contributed by atoms with van der Waals surface area (Å²) in [6.07, 6.45) is 8.77. The smallest absolute Gasteiger partial charge is 0.332 e. The van der Waals surface area contributed by atoms with E-state index in [1.165, 1.54) is 5.57 Å². The Hall–Kier alpha value is -7.78. The fourth-order valence-electron chi connectivity index (χ4n) is 7.39. The van der Waals surface area contributed by atoms with Crippen LogP contribution in [-0.4, -0.2) is 44.0 Å². The fourth-order valence-corrected chi connectivity index (χ4v) is 7.39. The second-order valence-corrected chi connectivity index (χ2v) is 17.4. The summed E-state index contributed by atoms with van der Waals surface area (Å²) in [5.74, 6) is 1.40. The van der Waals surface area contributed by atoms with Crippen LogP contribution in [0.4, 0.5) is 51.2 Å². The minimum atomic E-state index is -1.09. The molecule has 0 saturated heterocycles. The second kappa shape index (κ2) is 27.6. The van der Waals surface area contributed by atoms with E-state index >= 15 is 0 Å². The van der Waals surface area contributed by atoms with E-state index in [0.717, 1.165) is 54.6 Å². The van der Waals surface area contributed by atoms with Crippen molar-refractivity contribution in [2.45, 2.75) is 101 Å². The number of azo groups is 2. The topological polar surface area (TPSA) is 197 Å². The first kappa shape index (κ1) is 56.8. The van der Waals surface area contributed by atoms with Crippen LogP contribution in [0.15, 0.2) is 172 Å². The summed E-state index contributed by atoms with van der Waals surface area (Å²) < 4.78 is 24.1. The van der Waals surface area contributed by atoms with Crippen molar-refractivity contribution in [2.24, 2.45) is 20.5 Å². The van der Waals surface area contributed by atoms with E-state index in [1.54, 1.807) is 6.08 Å². The average molecular weight is 981 g/mol. The normalized spacial score (nSPS) is 15.4. The fraction of sp³-hybridized carbons (Fsp3) is 0.333. The Morgan fingerprint density at radius 2 is 1.32 bits per heavy atom. The molecule has 0 unspecified atom stereocenters. The first-order valence-electron chi connectivity index (χ1n) is 24.7. The lowest BCUT2D eigenvalue weighted by atomic mass is 10.0. The summed E-state index contributed by atoms with van der Waals surface area (Å²) in [6, 6.07) is 32.3. The molecule has 2 heterocycles. The highest BCUT2D eigenvalue weighted by atomic mass is 16.7. The van der Waals surface area contributed by atoms with Crippen molar-refractivity contribution in [3.8, 4) is 23.0 Å². The van der Waals surface area contributed by atoms with Crippen molar-refractivity contribution >= 4 is 51.2 Å². The molecule has 0 fully saturated rings. The Balaban J connectivity index is 0.000000264. The van der Waals surface area contributed by atoms with Crippen LogP contribution in [0.25, 0.3) is 0 Å². The third-order valence-corrected chi connectivity index (χ3v) is 10.6. The summed E-state index contributed by atoms with van der Waals surface area (Å²) in [6.45, 7) is 31.9. The second-order valence-electron chi connectivity index (χ2n) is 17.4. The number of benzene rings is 5. The van der Waals surface area contributed by atoms with Gasteiger partial charge in [0, 0.05) is 56.6 Å². The van der Waals surface area contributed by atoms with Crippen LogP contribution >= 0.6 is 0 Å². The van der Waals surface area contributed by atoms with Gasteiger partial charge in [0.2, 0.25) is 0 Å². The molecule has 384 valence electrons. The van der Waals surface area contributed by atoms with Crippen LogP contribution in [0.1, 0.15) is 83.1 Å². The van der Waals surface area contributed by atoms with Gasteiger partial charge in [-0.15, -0.1) is 0 Å². The Labute approximate surface area is 428 Å².